The van der Waals surface area contributed by atoms with Crippen LogP contribution in [0.1, 0.15) is 24.8 Å². The molecule has 0 aromatic heterocycles. The first-order valence-electron chi connectivity index (χ1n) is 8.43. The first-order valence-corrected chi connectivity index (χ1v) is 9.19. The number of rotatable bonds is 2. The Morgan fingerprint density at radius 3 is 2.26 bits per heavy atom. The van der Waals surface area contributed by atoms with E-state index in [-0.39, 0.29) is 5.41 Å². The van der Waals surface area contributed by atoms with E-state index in [2.05, 4.69) is 16.8 Å². The Morgan fingerprint density at radius 1 is 1.09 bits per heavy atom. The van der Waals surface area contributed by atoms with Crippen LogP contribution in [0, 0.1) is 11.8 Å². The summed E-state index contributed by atoms with van der Waals surface area (Å²) >= 11 is 12.2. The molecular formula is C18H22Cl2N2O. The van der Waals surface area contributed by atoms with Crippen LogP contribution >= 0.6 is 23.2 Å². The highest BCUT2D eigenvalue weighted by Crippen LogP contribution is 2.47. The van der Waals surface area contributed by atoms with Crippen LogP contribution in [-0.2, 0) is 10.2 Å². The van der Waals surface area contributed by atoms with Crippen molar-refractivity contribution in [1.29, 1.82) is 0 Å². The maximum atomic E-state index is 13.3. The fourth-order valence-corrected chi connectivity index (χ4v) is 4.94. The van der Waals surface area contributed by atoms with Crippen LogP contribution in [0.2, 0.25) is 10.0 Å². The highest BCUT2D eigenvalue weighted by Gasteiger charge is 2.51. The van der Waals surface area contributed by atoms with Crippen molar-refractivity contribution < 1.29 is 4.79 Å². The van der Waals surface area contributed by atoms with E-state index < -0.39 is 0 Å². The molecule has 1 aromatic rings. The van der Waals surface area contributed by atoms with Crippen molar-refractivity contribution in [1.82, 2.24) is 9.80 Å². The average molecular weight is 353 g/mol. The lowest BCUT2D eigenvalue weighted by Crippen LogP contribution is -2.51. The Hall–Kier alpha value is -0.770. The normalized spacial score (nSPS) is 29.4. The fourth-order valence-electron chi connectivity index (χ4n) is 4.65. The summed E-state index contributed by atoms with van der Waals surface area (Å²) < 4.78 is 0. The molecule has 124 valence electrons. The first-order chi connectivity index (χ1) is 11.0. The number of amides is 1. The Bertz CT molecular complexity index is 630. The first kappa shape index (κ1) is 15.7. The molecule has 0 radical (unpaired) electrons. The van der Waals surface area contributed by atoms with E-state index in [1.807, 2.05) is 18.2 Å². The number of hydrogen-bond acceptors (Lipinski definition) is 2. The summed E-state index contributed by atoms with van der Waals surface area (Å²) in [6.07, 6.45) is 2.96. The monoisotopic (exact) mass is 352 g/mol. The van der Waals surface area contributed by atoms with Gasteiger partial charge in [-0.2, -0.15) is 0 Å². The van der Waals surface area contributed by atoms with Gasteiger partial charge in [0.2, 0.25) is 5.91 Å². The minimum Gasteiger partial charge on any atom is -0.341 e. The minimum absolute atomic E-state index is 0.305. The molecule has 3 nitrogen and oxygen atoms in total. The molecule has 0 N–H and O–H groups in total. The van der Waals surface area contributed by atoms with Crippen LogP contribution < -0.4 is 0 Å². The van der Waals surface area contributed by atoms with Crippen LogP contribution in [0.25, 0.3) is 0 Å². The summed E-state index contributed by atoms with van der Waals surface area (Å²) in [4.78, 5) is 17.8. The van der Waals surface area contributed by atoms with Gasteiger partial charge in [-0.05, 0) is 49.4 Å². The van der Waals surface area contributed by atoms with Gasteiger partial charge >= 0.3 is 0 Å². The number of hydrogen-bond donors (Lipinski definition) is 0. The molecule has 0 spiro atoms. The van der Waals surface area contributed by atoms with E-state index in [0.29, 0.717) is 27.8 Å². The highest BCUT2D eigenvalue weighted by molar-refractivity contribution is 6.42. The lowest BCUT2D eigenvalue weighted by Gasteiger charge is -2.43. The van der Waals surface area contributed by atoms with Crippen LogP contribution in [0.4, 0.5) is 0 Å². The number of halogens is 2. The zero-order chi connectivity index (χ0) is 16.2. The second kappa shape index (κ2) is 5.65. The lowest BCUT2D eigenvalue weighted by molar-refractivity contribution is -0.140. The van der Waals surface area contributed by atoms with Crippen molar-refractivity contribution in [2.24, 2.45) is 11.8 Å². The third-order valence-electron chi connectivity index (χ3n) is 6.04. The standard InChI is InChI=1S/C18H22Cl2N2O/c1-21-8-12-10-22(11-13(12)9-21)17(23)18(5-2-6-18)14-3-4-15(19)16(20)7-14/h3-4,7,12-13H,2,5-6,8-11H2,1H3/t12-,13+. The van der Waals surface area contributed by atoms with Crippen LogP contribution in [0.3, 0.4) is 0 Å². The lowest BCUT2D eigenvalue weighted by atomic mass is 9.63. The maximum absolute atomic E-state index is 13.3. The van der Waals surface area contributed by atoms with Gasteiger partial charge in [-0.25, -0.2) is 0 Å². The van der Waals surface area contributed by atoms with E-state index in [4.69, 9.17) is 23.2 Å². The molecule has 0 bridgehead atoms. The molecule has 3 aliphatic rings. The van der Waals surface area contributed by atoms with E-state index in [0.717, 1.165) is 51.0 Å². The molecule has 1 aromatic carbocycles. The largest absolute Gasteiger partial charge is 0.341 e. The molecule has 5 heteroatoms. The number of fused-ring (bicyclic) bond motifs is 1. The summed E-state index contributed by atoms with van der Waals surface area (Å²) in [7, 11) is 2.17. The summed E-state index contributed by atoms with van der Waals surface area (Å²) in [6, 6.07) is 5.70. The van der Waals surface area contributed by atoms with Gasteiger partial charge in [0.1, 0.15) is 0 Å². The SMILES string of the molecule is CN1C[C@@H]2CN(C(=O)C3(c4ccc(Cl)c(Cl)c4)CCC3)C[C@@H]2C1. The van der Waals surface area contributed by atoms with Gasteiger partial charge in [-0.3, -0.25) is 4.79 Å². The van der Waals surface area contributed by atoms with E-state index in [1.165, 1.54) is 0 Å². The Kier molecular flexibility index (Phi) is 3.86. The topological polar surface area (TPSA) is 23.6 Å². The van der Waals surface area contributed by atoms with Crippen molar-refractivity contribution >= 4 is 29.1 Å². The molecule has 1 amide bonds. The zero-order valence-electron chi connectivity index (χ0n) is 13.4. The van der Waals surface area contributed by atoms with Crippen LogP contribution in [-0.4, -0.2) is 48.9 Å². The highest BCUT2D eigenvalue weighted by atomic mass is 35.5. The Labute approximate surface area is 147 Å². The van der Waals surface area contributed by atoms with Crippen molar-refractivity contribution in [2.45, 2.75) is 24.7 Å². The second-order valence-corrected chi connectivity index (χ2v) is 8.33. The van der Waals surface area contributed by atoms with E-state index in [1.54, 1.807) is 0 Å². The number of likely N-dealkylation sites (tertiary alicyclic amines) is 2. The molecule has 4 rings (SSSR count). The minimum atomic E-state index is -0.362. The number of benzene rings is 1. The molecule has 2 aliphatic heterocycles. The molecular weight excluding hydrogens is 331 g/mol. The van der Waals surface area contributed by atoms with Gasteiger partial charge < -0.3 is 9.80 Å². The van der Waals surface area contributed by atoms with Crippen LogP contribution in [0.5, 0.6) is 0 Å². The molecule has 1 aliphatic carbocycles. The van der Waals surface area contributed by atoms with Gasteiger partial charge in [0.25, 0.3) is 0 Å². The van der Waals surface area contributed by atoms with Gasteiger partial charge in [-0.1, -0.05) is 35.7 Å². The summed E-state index contributed by atoms with van der Waals surface area (Å²) in [5.74, 6) is 1.60. The quantitative estimate of drug-likeness (QED) is 0.813. The predicted octanol–water partition coefficient (Wildman–Crippen LogP) is 3.44. The van der Waals surface area contributed by atoms with Gasteiger partial charge in [0.05, 0.1) is 15.5 Å². The third-order valence-corrected chi connectivity index (χ3v) is 6.78. The summed E-state index contributed by atoms with van der Waals surface area (Å²) in [6.45, 7) is 4.07. The van der Waals surface area contributed by atoms with Crippen molar-refractivity contribution in [3.63, 3.8) is 0 Å². The Morgan fingerprint density at radius 2 is 1.74 bits per heavy atom. The fraction of sp³-hybridized carbons (Fsp3) is 0.611. The Balaban J connectivity index is 1.57. The van der Waals surface area contributed by atoms with Crippen molar-refractivity contribution in [3.05, 3.63) is 33.8 Å². The zero-order valence-corrected chi connectivity index (χ0v) is 14.9. The molecule has 1 saturated carbocycles. The van der Waals surface area contributed by atoms with Gasteiger partial charge in [0.15, 0.2) is 0 Å². The van der Waals surface area contributed by atoms with Crippen molar-refractivity contribution in [3.8, 4) is 0 Å². The van der Waals surface area contributed by atoms with Gasteiger partial charge in [-0.15, -0.1) is 0 Å². The number of carbonyl (C=O) groups is 1. The van der Waals surface area contributed by atoms with E-state index >= 15 is 0 Å². The van der Waals surface area contributed by atoms with E-state index in [9.17, 15) is 4.79 Å². The molecule has 2 heterocycles. The molecule has 0 unspecified atom stereocenters. The average Bonchev–Trinajstić information content (AvgIpc) is 2.98. The third kappa shape index (κ3) is 2.48. The smallest absolute Gasteiger partial charge is 0.233 e. The molecule has 3 fully saturated rings. The number of carbonyl (C=O) groups excluding carboxylic acids is 1. The molecule has 2 saturated heterocycles. The van der Waals surface area contributed by atoms with Gasteiger partial charge in [0, 0.05) is 26.2 Å². The predicted molar refractivity (Wildman–Crippen MR) is 93.0 cm³/mol. The van der Waals surface area contributed by atoms with Crippen molar-refractivity contribution in [2.75, 3.05) is 33.2 Å². The number of nitrogens with zero attached hydrogens (tertiary/aromatic N) is 2. The summed E-state index contributed by atoms with van der Waals surface area (Å²) in [5, 5.41) is 1.10. The molecule has 23 heavy (non-hydrogen) atoms. The maximum Gasteiger partial charge on any atom is 0.233 e. The summed E-state index contributed by atoms with van der Waals surface area (Å²) in [5.41, 5.74) is 0.677. The molecule has 2 atom stereocenters. The second-order valence-electron chi connectivity index (χ2n) is 7.52. The van der Waals surface area contributed by atoms with Crippen LogP contribution in [0.15, 0.2) is 18.2 Å².